The van der Waals surface area contributed by atoms with E-state index in [2.05, 4.69) is 20.1 Å². The summed E-state index contributed by atoms with van der Waals surface area (Å²) >= 11 is 1.58. The van der Waals surface area contributed by atoms with Crippen molar-refractivity contribution >= 4 is 17.2 Å². The van der Waals surface area contributed by atoms with Gasteiger partial charge < -0.3 is 14.2 Å². The molecular formula is C22H22N6O3S. The minimum Gasteiger partial charge on any atom is -0.493 e. The van der Waals surface area contributed by atoms with Gasteiger partial charge in [0.15, 0.2) is 11.4 Å². The third-order valence-electron chi connectivity index (χ3n) is 5.35. The number of carbonyl (C=O) groups excluding carboxylic acids is 1. The summed E-state index contributed by atoms with van der Waals surface area (Å²) in [6, 6.07) is 13.6. The molecule has 4 aromatic rings. The maximum atomic E-state index is 13.1. The number of piperazine rings is 1. The summed E-state index contributed by atoms with van der Waals surface area (Å²) in [6.45, 7) is 3.17. The smallest absolute Gasteiger partial charge is 0.278 e. The third kappa shape index (κ3) is 4.14. The van der Waals surface area contributed by atoms with Crippen molar-refractivity contribution in [3.05, 3.63) is 65.6 Å². The monoisotopic (exact) mass is 450 g/mol. The predicted molar refractivity (Wildman–Crippen MR) is 119 cm³/mol. The summed E-state index contributed by atoms with van der Waals surface area (Å²) in [5, 5.41) is 10.5. The largest absolute Gasteiger partial charge is 0.493 e. The molecule has 0 unspecified atom stereocenters. The highest BCUT2D eigenvalue weighted by atomic mass is 32.1. The number of hydrogen-bond acceptors (Lipinski definition) is 8. The molecule has 32 heavy (non-hydrogen) atoms. The molecule has 10 heteroatoms. The van der Waals surface area contributed by atoms with Crippen molar-refractivity contribution in [2.45, 2.75) is 6.54 Å². The maximum Gasteiger partial charge on any atom is 0.278 e. The van der Waals surface area contributed by atoms with Gasteiger partial charge in [0.05, 0.1) is 30.4 Å². The van der Waals surface area contributed by atoms with Crippen LogP contribution in [0.1, 0.15) is 16.4 Å². The summed E-state index contributed by atoms with van der Waals surface area (Å²) in [4.78, 5) is 22.6. The van der Waals surface area contributed by atoms with Crippen molar-refractivity contribution in [1.29, 1.82) is 0 Å². The number of amides is 1. The van der Waals surface area contributed by atoms with Gasteiger partial charge in [0, 0.05) is 26.2 Å². The van der Waals surface area contributed by atoms with Crippen LogP contribution in [0.2, 0.25) is 0 Å². The molecule has 164 valence electrons. The zero-order chi connectivity index (χ0) is 21.9. The fourth-order valence-corrected chi connectivity index (χ4v) is 4.29. The number of ether oxygens (including phenoxy) is 1. The zero-order valence-corrected chi connectivity index (χ0v) is 18.4. The Labute approximate surface area is 188 Å². The average molecular weight is 451 g/mol. The van der Waals surface area contributed by atoms with Gasteiger partial charge >= 0.3 is 0 Å². The lowest BCUT2D eigenvalue weighted by molar-refractivity contribution is 0.0606. The van der Waals surface area contributed by atoms with Crippen molar-refractivity contribution in [2.24, 2.45) is 0 Å². The lowest BCUT2D eigenvalue weighted by Crippen LogP contribution is -2.48. The van der Waals surface area contributed by atoms with E-state index in [1.807, 2.05) is 52.7 Å². The highest BCUT2D eigenvalue weighted by molar-refractivity contribution is 7.13. The van der Waals surface area contributed by atoms with E-state index in [0.29, 0.717) is 55.9 Å². The first-order chi connectivity index (χ1) is 15.7. The van der Waals surface area contributed by atoms with Gasteiger partial charge in [-0.25, -0.2) is 4.68 Å². The molecule has 0 aliphatic carbocycles. The van der Waals surface area contributed by atoms with Crippen molar-refractivity contribution in [3.63, 3.8) is 0 Å². The van der Waals surface area contributed by atoms with Crippen LogP contribution in [0.3, 0.4) is 0 Å². The second-order valence-corrected chi connectivity index (χ2v) is 8.33. The van der Waals surface area contributed by atoms with Crippen LogP contribution in [0.15, 0.2) is 58.6 Å². The molecule has 0 spiro atoms. The Hall–Kier alpha value is -3.50. The molecule has 1 aliphatic heterocycles. The summed E-state index contributed by atoms with van der Waals surface area (Å²) in [5.74, 6) is 1.53. The summed E-state index contributed by atoms with van der Waals surface area (Å²) in [7, 11) is 1.55. The molecule has 0 bridgehead atoms. The number of rotatable bonds is 6. The average Bonchev–Trinajstić information content (AvgIpc) is 3.60. The van der Waals surface area contributed by atoms with Gasteiger partial charge in [-0.15, -0.1) is 11.3 Å². The van der Waals surface area contributed by atoms with Crippen LogP contribution in [0.4, 0.5) is 0 Å². The highest BCUT2D eigenvalue weighted by Gasteiger charge is 2.28. The number of methoxy groups -OCH3 is 1. The minimum atomic E-state index is -0.131. The van der Waals surface area contributed by atoms with Crippen LogP contribution in [0.25, 0.3) is 16.4 Å². The van der Waals surface area contributed by atoms with Crippen LogP contribution in [-0.2, 0) is 6.54 Å². The summed E-state index contributed by atoms with van der Waals surface area (Å²) in [5.41, 5.74) is 1.19. The van der Waals surface area contributed by atoms with E-state index in [-0.39, 0.29) is 5.91 Å². The summed E-state index contributed by atoms with van der Waals surface area (Å²) < 4.78 is 12.5. The van der Waals surface area contributed by atoms with Crippen LogP contribution < -0.4 is 4.74 Å². The van der Waals surface area contributed by atoms with E-state index < -0.39 is 0 Å². The lowest BCUT2D eigenvalue weighted by Gasteiger charge is -2.33. The normalized spacial score (nSPS) is 14.6. The van der Waals surface area contributed by atoms with Crippen LogP contribution in [-0.4, -0.2) is 68.9 Å². The van der Waals surface area contributed by atoms with E-state index >= 15 is 0 Å². The molecule has 0 radical (unpaired) electrons. The van der Waals surface area contributed by atoms with Crippen molar-refractivity contribution < 1.29 is 14.1 Å². The molecular weight excluding hydrogens is 428 g/mol. The van der Waals surface area contributed by atoms with Gasteiger partial charge in [0.2, 0.25) is 11.7 Å². The molecule has 1 aliphatic rings. The van der Waals surface area contributed by atoms with Gasteiger partial charge in [-0.3, -0.25) is 9.69 Å². The first-order valence-corrected chi connectivity index (χ1v) is 11.2. The molecule has 5 rings (SSSR count). The number of carbonyl (C=O) groups is 1. The molecule has 0 saturated carbocycles. The fourth-order valence-electron chi connectivity index (χ4n) is 3.64. The Balaban J connectivity index is 1.22. The summed E-state index contributed by atoms with van der Waals surface area (Å²) in [6.07, 6.45) is 1.74. The lowest BCUT2D eigenvalue weighted by atomic mass is 10.2. The quantitative estimate of drug-likeness (QED) is 0.446. The number of para-hydroxylation sites is 1. The standard InChI is InChI=1S/C22H22N6O3S/c1-30-17-14-28(16-6-3-2-4-7-16)24-20(17)22(29)27-11-9-26(10-12-27)15-19-23-21(25-31-19)18-8-5-13-32-18/h2-8,13-14H,9-12,15H2,1H3. The molecule has 1 amide bonds. The molecule has 3 aromatic heterocycles. The Bertz CT molecular complexity index is 1180. The number of thiophene rings is 1. The molecule has 1 fully saturated rings. The molecule has 9 nitrogen and oxygen atoms in total. The molecule has 1 saturated heterocycles. The van der Waals surface area contributed by atoms with E-state index in [1.165, 1.54) is 0 Å². The van der Waals surface area contributed by atoms with E-state index in [1.54, 1.807) is 29.3 Å². The van der Waals surface area contributed by atoms with Gasteiger partial charge in [-0.05, 0) is 23.6 Å². The van der Waals surface area contributed by atoms with E-state index in [9.17, 15) is 4.79 Å². The van der Waals surface area contributed by atoms with Crippen LogP contribution in [0, 0.1) is 0 Å². The van der Waals surface area contributed by atoms with Gasteiger partial charge in [0.25, 0.3) is 5.91 Å². The van der Waals surface area contributed by atoms with E-state index in [4.69, 9.17) is 9.26 Å². The Morgan fingerprint density at radius 1 is 1.12 bits per heavy atom. The van der Waals surface area contributed by atoms with Crippen molar-refractivity contribution in [1.82, 2.24) is 29.7 Å². The van der Waals surface area contributed by atoms with Gasteiger partial charge in [0.1, 0.15) is 0 Å². The predicted octanol–water partition coefficient (Wildman–Crippen LogP) is 2.95. The fraction of sp³-hybridized carbons (Fsp3) is 0.273. The van der Waals surface area contributed by atoms with Gasteiger partial charge in [-0.1, -0.05) is 29.4 Å². The number of hydrogen-bond donors (Lipinski definition) is 0. The van der Waals surface area contributed by atoms with Crippen LogP contribution in [0.5, 0.6) is 5.75 Å². The maximum absolute atomic E-state index is 13.1. The van der Waals surface area contributed by atoms with Crippen molar-refractivity contribution in [3.8, 4) is 22.1 Å². The Kier molecular flexibility index (Phi) is 5.70. The molecule has 0 atom stereocenters. The van der Waals surface area contributed by atoms with Crippen LogP contribution >= 0.6 is 11.3 Å². The first-order valence-electron chi connectivity index (χ1n) is 10.3. The molecule has 0 N–H and O–H groups in total. The van der Waals surface area contributed by atoms with E-state index in [0.717, 1.165) is 10.6 Å². The topological polar surface area (TPSA) is 89.5 Å². The Morgan fingerprint density at radius 3 is 2.66 bits per heavy atom. The minimum absolute atomic E-state index is 0.131. The zero-order valence-electron chi connectivity index (χ0n) is 17.5. The number of benzene rings is 1. The van der Waals surface area contributed by atoms with Gasteiger partial charge in [-0.2, -0.15) is 10.1 Å². The van der Waals surface area contributed by atoms with Crippen molar-refractivity contribution in [2.75, 3.05) is 33.3 Å². The third-order valence-corrected chi connectivity index (χ3v) is 6.22. The molecule has 4 heterocycles. The highest BCUT2D eigenvalue weighted by Crippen LogP contribution is 2.23. The second kappa shape index (κ2) is 8.93. The SMILES string of the molecule is COc1cn(-c2ccccc2)nc1C(=O)N1CCN(Cc2nc(-c3cccs3)no2)CC1. The number of aromatic nitrogens is 4. The Morgan fingerprint density at radius 2 is 1.94 bits per heavy atom. The number of nitrogens with zero attached hydrogens (tertiary/aromatic N) is 6. The first kappa shape index (κ1) is 20.4. The second-order valence-electron chi connectivity index (χ2n) is 7.38. The molecule has 1 aromatic carbocycles.